The predicted molar refractivity (Wildman–Crippen MR) is 76.9 cm³/mol. The van der Waals surface area contributed by atoms with Gasteiger partial charge in [0.2, 0.25) is 0 Å². The van der Waals surface area contributed by atoms with Crippen LogP contribution in [0, 0.1) is 6.92 Å². The fraction of sp³-hybridized carbons (Fsp3) is 0.231. The van der Waals surface area contributed by atoms with E-state index in [1.807, 2.05) is 37.3 Å². The molecule has 0 bridgehead atoms. The molecule has 0 radical (unpaired) electrons. The summed E-state index contributed by atoms with van der Waals surface area (Å²) < 4.78 is 1.09. The highest BCUT2D eigenvalue weighted by atomic mass is 79.9. The summed E-state index contributed by atoms with van der Waals surface area (Å²) in [5.41, 5.74) is 1.94. The predicted octanol–water partition coefficient (Wildman–Crippen LogP) is 4.75. The van der Waals surface area contributed by atoms with Crippen molar-refractivity contribution in [3.8, 4) is 0 Å². The van der Waals surface area contributed by atoms with E-state index in [-0.39, 0.29) is 0 Å². The molecule has 2 rings (SSSR count). The van der Waals surface area contributed by atoms with Gasteiger partial charge in [-0.05, 0) is 58.2 Å². The van der Waals surface area contributed by atoms with Crippen LogP contribution in [0.1, 0.15) is 22.1 Å². The summed E-state index contributed by atoms with van der Waals surface area (Å²) in [5, 5.41) is 10.8. The first-order valence-corrected chi connectivity index (χ1v) is 7.23. The summed E-state index contributed by atoms with van der Waals surface area (Å²) in [4.78, 5) is 1.15. The van der Waals surface area contributed by atoms with Gasteiger partial charge < -0.3 is 5.11 Å². The van der Waals surface area contributed by atoms with E-state index in [1.54, 1.807) is 11.3 Å². The van der Waals surface area contributed by atoms with Crippen molar-refractivity contribution in [2.45, 2.75) is 19.4 Å². The lowest BCUT2D eigenvalue weighted by Gasteiger charge is -2.11. The van der Waals surface area contributed by atoms with Crippen molar-refractivity contribution >= 4 is 38.9 Å². The maximum atomic E-state index is 10.2. The first-order chi connectivity index (χ1) is 8.04. The number of halogens is 2. The molecule has 0 saturated carbocycles. The number of rotatable bonds is 3. The average molecular weight is 332 g/mol. The molecule has 1 unspecified atom stereocenters. The Bertz CT molecular complexity index is 504. The number of benzene rings is 1. The molecule has 1 N–H and O–H groups in total. The van der Waals surface area contributed by atoms with Crippen LogP contribution in [-0.4, -0.2) is 5.11 Å². The average Bonchev–Trinajstić information content (AvgIpc) is 2.62. The third-order valence-electron chi connectivity index (χ3n) is 2.47. The Morgan fingerprint density at radius 1 is 1.35 bits per heavy atom. The largest absolute Gasteiger partial charge is 0.388 e. The van der Waals surface area contributed by atoms with Crippen molar-refractivity contribution in [3.63, 3.8) is 0 Å². The fourth-order valence-corrected chi connectivity index (χ4v) is 3.54. The van der Waals surface area contributed by atoms with Crippen LogP contribution in [0.3, 0.4) is 0 Å². The molecule has 1 aromatic heterocycles. The molecule has 1 aromatic carbocycles. The molecule has 0 fully saturated rings. The minimum absolute atomic E-state index is 0.502. The van der Waals surface area contributed by atoms with Crippen molar-refractivity contribution < 1.29 is 5.11 Å². The van der Waals surface area contributed by atoms with E-state index in [0.29, 0.717) is 11.4 Å². The van der Waals surface area contributed by atoms with Crippen LogP contribution in [0.15, 0.2) is 34.1 Å². The van der Waals surface area contributed by atoms with Gasteiger partial charge in [0.25, 0.3) is 0 Å². The normalized spacial score (nSPS) is 12.7. The molecule has 0 amide bonds. The molecular formula is C13H12BrClOS. The molecule has 0 aliphatic carbocycles. The molecule has 0 saturated heterocycles. The van der Waals surface area contributed by atoms with Crippen LogP contribution in [0.4, 0.5) is 0 Å². The fourth-order valence-electron chi connectivity index (χ4n) is 1.73. The molecule has 0 aliphatic heterocycles. The van der Waals surface area contributed by atoms with Crippen LogP contribution in [0.25, 0.3) is 0 Å². The summed E-state index contributed by atoms with van der Waals surface area (Å²) in [6, 6.07) is 9.70. The van der Waals surface area contributed by atoms with Crippen molar-refractivity contribution in [1.82, 2.24) is 0 Å². The summed E-state index contributed by atoms with van der Waals surface area (Å²) >= 11 is 11.0. The third kappa shape index (κ3) is 3.55. The quantitative estimate of drug-likeness (QED) is 0.860. The summed E-state index contributed by atoms with van der Waals surface area (Å²) in [5.74, 6) is 0. The Morgan fingerprint density at radius 2 is 2.12 bits per heavy atom. The SMILES string of the molecule is Cc1cc(Cl)cc(C(O)Cc2ccc(Br)s2)c1. The van der Waals surface area contributed by atoms with Gasteiger partial charge in [0.05, 0.1) is 9.89 Å². The highest BCUT2D eigenvalue weighted by Gasteiger charge is 2.11. The van der Waals surface area contributed by atoms with Crippen LogP contribution in [-0.2, 0) is 6.42 Å². The van der Waals surface area contributed by atoms with Gasteiger partial charge in [-0.2, -0.15) is 0 Å². The molecule has 90 valence electrons. The molecular weight excluding hydrogens is 320 g/mol. The zero-order valence-corrected chi connectivity index (χ0v) is 12.4. The second-order valence-corrected chi connectivity index (χ2v) is 6.97. The molecule has 17 heavy (non-hydrogen) atoms. The van der Waals surface area contributed by atoms with Gasteiger partial charge in [-0.15, -0.1) is 11.3 Å². The first kappa shape index (κ1) is 13.1. The van der Waals surface area contributed by atoms with Gasteiger partial charge in [0.15, 0.2) is 0 Å². The van der Waals surface area contributed by atoms with E-state index in [2.05, 4.69) is 15.9 Å². The molecule has 2 aromatic rings. The lowest BCUT2D eigenvalue weighted by Crippen LogP contribution is -2.00. The second kappa shape index (κ2) is 5.53. The Morgan fingerprint density at radius 3 is 2.71 bits per heavy atom. The standard InChI is InChI=1S/C13H12BrClOS/c1-8-4-9(6-10(15)5-8)12(16)7-11-2-3-13(14)17-11/h2-6,12,16H,7H2,1H3. The Kier molecular flexibility index (Phi) is 4.26. The molecule has 1 nitrogen and oxygen atoms in total. The van der Waals surface area contributed by atoms with Crippen molar-refractivity contribution in [1.29, 1.82) is 0 Å². The number of aryl methyl sites for hydroxylation is 1. The van der Waals surface area contributed by atoms with Gasteiger partial charge >= 0.3 is 0 Å². The zero-order chi connectivity index (χ0) is 12.4. The topological polar surface area (TPSA) is 20.2 Å². The number of hydrogen-bond acceptors (Lipinski definition) is 2. The first-order valence-electron chi connectivity index (χ1n) is 5.24. The van der Waals surface area contributed by atoms with E-state index in [4.69, 9.17) is 11.6 Å². The molecule has 4 heteroatoms. The van der Waals surface area contributed by atoms with Crippen molar-refractivity contribution in [2.75, 3.05) is 0 Å². The van der Waals surface area contributed by atoms with Gasteiger partial charge in [-0.3, -0.25) is 0 Å². The number of thiophene rings is 1. The lowest BCUT2D eigenvalue weighted by atomic mass is 10.0. The van der Waals surface area contributed by atoms with Gasteiger partial charge in [0, 0.05) is 16.3 Å². The van der Waals surface area contributed by atoms with Crippen LogP contribution < -0.4 is 0 Å². The summed E-state index contributed by atoms with van der Waals surface area (Å²) in [6.45, 7) is 1.98. The molecule has 0 spiro atoms. The van der Waals surface area contributed by atoms with Crippen LogP contribution in [0.2, 0.25) is 5.02 Å². The number of aliphatic hydroxyl groups is 1. The Labute approximate surface area is 118 Å². The van der Waals surface area contributed by atoms with E-state index in [0.717, 1.165) is 19.8 Å². The molecule has 1 heterocycles. The zero-order valence-electron chi connectivity index (χ0n) is 9.28. The highest BCUT2D eigenvalue weighted by Crippen LogP contribution is 2.28. The second-order valence-electron chi connectivity index (χ2n) is 3.99. The van der Waals surface area contributed by atoms with E-state index >= 15 is 0 Å². The van der Waals surface area contributed by atoms with E-state index in [1.165, 1.54) is 0 Å². The maximum Gasteiger partial charge on any atom is 0.0838 e. The molecule has 0 aliphatic rings. The number of aliphatic hydroxyl groups excluding tert-OH is 1. The van der Waals surface area contributed by atoms with Gasteiger partial charge in [0.1, 0.15) is 0 Å². The Hall–Kier alpha value is -0.350. The van der Waals surface area contributed by atoms with Gasteiger partial charge in [-0.1, -0.05) is 17.7 Å². The van der Waals surface area contributed by atoms with E-state index in [9.17, 15) is 5.11 Å². The highest BCUT2D eigenvalue weighted by molar-refractivity contribution is 9.11. The number of hydrogen-bond donors (Lipinski definition) is 1. The minimum Gasteiger partial charge on any atom is -0.388 e. The van der Waals surface area contributed by atoms with Crippen molar-refractivity contribution in [2.24, 2.45) is 0 Å². The van der Waals surface area contributed by atoms with Crippen molar-refractivity contribution in [3.05, 3.63) is 55.1 Å². The lowest BCUT2D eigenvalue weighted by molar-refractivity contribution is 0.179. The summed E-state index contributed by atoms with van der Waals surface area (Å²) in [7, 11) is 0. The smallest absolute Gasteiger partial charge is 0.0838 e. The van der Waals surface area contributed by atoms with Crippen LogP contribution in [0.5, 0.6) is 0 Å². The maximum absolute atomic E-state index is 10.2. The summed E-state index contributed by atoms with van der Waals surface area (Å²) in [6.07, 6.45) is 0.119. The monoisotopic (exact) mass is 330 g/mol. The third-order valence-corrected chi connectivity index (χ3v) is 4.34. The van der Waals surface area contributed by atoms with Crippen LogP contribution >= 0.6 is 38.9 Å². The molecule has 1 atom stereocenters. The Balaban J connectivity index is 2.16. The van der Waals surface area contributed by atoms with E-state index < -0.39 is 6.10 Å². The van der Waals surface area contributed by atoms with Gasteiger partial charge in [-0.25, -0.2) is 0 Å². The minimum atomic E-state index is -0.502.